The molecular formula is C21H24ClNO3. The molecule has 138 valence electrons. The number of para-hydroxylation sites is 1. The molecule has 3 atom stereocenters. The standard InChI is InChI=1S/C21H23NO3.ClH/c1-14(23)21(25-19-8-4-7-16-11-12-24-20(16)19)22-18-10-9-15-5-2-3-6-17(15)13-18;/h2-8,11-12,14,18,21-23H,9-10,13H2,1H3;1H. The summed E-state index contributed by atoms with van der Waals surface area (Å²) in [6.45, 7) is 1.75. The molecular weight excluding hydrogens is 350 g/mol. The van der Waals surface area contributed by atoms with Crippen molar-refractivity contribution in [3.63, 3.8) is 0 Å². The molecule has 2 aromatic carbocycles. The summed E-state index contributed by atoms with van der Waals surface area (Å²) < 4.78 is 11.6. The van der Waals surface area contributed by atoms with Crippen molar-refractivity contribution in [2.45, 2.75) is 44.6 Å². The second-order valence-corrected chi connectivity index (χ2v) is 6.75. The maximum Gasteiger partial charge on any atom is 0.176 e. The van der Waals surface area contributed by atoms with Crippen molar-refractivity contribution in [2.75, 3.05) is 0 Å². The third kappa shape index (κ3) is 3.88. The van der Waals surface area contributed by atoms with E-state index < -0.39 is 12.3 Å². The number of fused-ring (bicyclic) bond motifs is 2. The molecule has 0 radical (unpaired) electrons. The molecule has 0 spiro atoms. The van der Waals surface area contributed by atoms with E-state index in [2.05, 4.69) is 29.6 Å². The largest absolute Gasteiger partial charge is 0.469 e. The molecule has 0 fully saturated rings. The van der Waals surface area contributed by atoms with Crippen LogP contribution in [0.1, 0.15) is 24.5 Å². The Morgan fingerprint density at radius 1 is 1.12 bits per heavy atom. The highest BCUT2D eigenvalue weighted by Crippen LogP contribution is 2.28. The van der Waals surface area contributed by atoms with Crippen LogP contribution in [0.25, 0.3) is 11.0 Å². The molecule has 2 N–H and O–H groups in total. The van der Waals surface area contributed by atoms with Crippen LogP contribution in [0.5, 0.6) is 5.75 Å². The van der Waals surface area contributed by atoms with Crippen LogP contribution in [0, 0.1) is 0 Å². The van der Waals surface area contributed by atoms with Gasteiger partial charge >= 0.3 is 0 Å². The first-order chi connectivity index (χ1) is 12.2. The molecule has 1 aliphatic rings. The minimum absolute atomic E-state index is 0. The molecule has 3 aromatic rings. The van der Waals surface area contributed by atoms with Crippen LogP contribution in [0.3, 0.4) is 0 Å². The molecule has 1 aromatic heterocycles. The van der Waals surface area contributed by atoms with E-state index in [0.717, 1.165) is 24.6 Å². The Balaban J connectivity index is 0.00000196. The van der Waals surface area contributed by atoms with Crippen molar-refractivity contribution in [3.05, 3.63) is 65.9 Å². The fourth-order valence-corrected chi connectivity index (χ4v) is 3.54. The van der Waals surface area contributed by atoms with Crippen molar-refractivity contribution >= 4 is 23.4 Å². The Hall–Kier alpha value is -2.01. The van der Waals surface area contributed by atoms with Crippen LogP contribution in [-0.2, 0) is 12.8 Å². The normalized spacial score (nSPS) is 18.6. The van der Waals surface area contributed by atoms with E-state index in [0.29, 0.717) is 11.3 Å². The molecule has 0 bridgehead atoms. The van der Waals surface area contributed by atoms with Crippen molar-refractivity contribution in [1.29, 1.82) is 0 Å². The van der Waals surface area contributed by atoms with Gasteiger partial charge in [0.05, 0.1) is 6.26 Å². The van der Waals surface area contributed by atoms with Crippen molar-refractivity contribution in [1.82, 2.24) is 5.32 Å². The van der Waals surface area contributed by atoms with Gasteiger partial charge in [0, 0.05) is 11.4 Å². The van der Waals surface area contributed by atoms with E-state index in [4.69, 9.17) is 9.15 Å². The zero-order valence-electron chi connectivity index (χ0n) is 14.7. The number of halogens is 1. The summed E-state index contributed by atoms with van der Waals surface area (Å²) in [6.07, 6.45) is 3.57. The fourth-order valence-electron chi connectivity index (χ4n) is 3.54. The van der Waals surface area contributed by atoms with Gasteiger partial charge in [-0.3, -0.25) is 5.32 Å². The number of aryl methyl sites for hydroxylation is 1. The number of aliphatic hydroxyl groups is 1. The number of furan rings is 1. The number of ether oxygens (including phenoxy) is 1. The third-order valence-corrected chi connectivity index (χ3v) is 4.88. The highest BCUT2D eigenvalue weighted by molar-refractivity contribution is 5.85. The van der Waals surface area contributed by atoms with Gasteiger partial charge in [0.25, 0.3) is 0 Å². The van der Waals surface area contributed by atoms with Gasteiger partial charge in [-0.05, 0) is 49.4 Å². The molecule has 4 nitrogen and oxygen atoms in total. The molecule has 1 heterocycles. The summed E-state index contributed by atoms with van der Waals surface area (Å²) in [6, 6.07) is 16.5. The zero-order valence-corrected chi connectivity index (χ0v) is 15.5. The van der Waals surface area contributed by atoms with Crippen LogP contribution < -0.4 is 10.1 Å². The first kappa shape index (κ1) is 18.8. The lowest BCUT2D eigenvalue weighted by Gasteiger charge is -2.31. The molecule has 0 amide bonds. The van der Waals surface area contributed by atoms with E-state index in [1.807, 2.05) is 24.3 Å². The molecule has 3 unspecified atom stereocenters. The lowest BCUT2D eigenvalue weighted by Crippen LogP contribution is -2.49. The van der Waals surface area contributed by atoms with Gasteiger partial charge in [0.15, 0.2) is 17.6 Å². The molecule has 1 aliphatic carbocycles. The van der Waals surface area contributed by atoms with Crippen molar-refractivity contribution < 1.29 is 14.3 Å². The second kappa shape index (κ2) is 8.12. The van der Waals surface area contributed by atoms with Crippen molar-refractivity contribution in [2.24, 2.45) is 0 Å². The summed E-state index contributed by atoms with van der Waals surface area (Å²) >= 11 is 0. The minimum atomic E-state index is -0.637. The van der Waals surface area contributed by atoms with E-state index in [1.165, 1.54) is 11.1 Å². The average molecular weight is 374 g/mol. The summed E-state index contributed by atoms with van der Waals surface area (Å²) in [5.41, 5.74) is 3.52. The number of rotatable bonds is 5. The number of aliphatic hydroxyl groups excluding tert-OH is 1. The van der Waals surface area contributed by atoms with Crippen LogP contribution >= 0.6 is 12.4 Å². The lowest BCUT2D eigenvalue weighted by atomic mass is 9.88. The molecule has 5 heteroatoms. The van der Waals surface area contributed by atoms with E-state index in [-0.39, 0.29) is 18.4 Å². The number of nitrogens with one attached hydrogen (secondary N) is 1. The van der Waals surface area contributed by atoms with Crippen LogP contribution in [0.15, 0.2) is 59.2 Å². The van der Waals surface area contributed by atoms with Gasteiger partial charge in [0.2, 0.25) is 0 Å². The fraction of sp³-hybridized carbons (Fsp3) is 0.333. The van der Waals surface area contributed by atoms with Gasteiger partial charge in [-0.2, -0.15) is 0 Å². The first-order valence-corrected chi connectivity index (χ1v) is 8.84. The number of hydrogen-bond acceptors (Lipinski definition) is 4. The quantitative estimate of drug-likeness (QED) is 0.661. The Morgan fingerprint density at radius 2 is 1.92 bits per heavy atom. The first-order valence-electron chi connectivity index (χ1n) is 8.84. The molecule has 4 rings (SSSR count). The minimum Gasteiger partial charge on any atom is -0.469 e. The summed E-state index contributed by atoms with van der Waals surface area (Å²) in [5, 5.41) is 14.7. The molecule has 0 aliphatic heterocycles. The van der Waals surface area contributed by atoms with Crippen LogP contribution in [0.4, 0.5) is 0 Å². The highest BCUT2D eigenvalue weighted by Gasteiger charge is 2.25. The third-order valence-electron chi connectivity index (χ3n) is 4.88. The maximum absolute atomic E-state index is 10.2. The van der Waals surface area contributed by atoms with Gasteiger partial charge in [-0.25, -0.2) is 0 Å². The van der Waals surface area contributed by atoms with Crippen molar-refractivity contribution in [3.8, 4) is 5.75 Å². The number of hydrogen-bond donors (Lipinski definition) is 2. The molecule has 0 saturated heterocycles. The Labute approximate surface area is 159 Å². The van der Waals surface area contributed by atoms with Gasteiger partial charge < -0.3 is 14.3 Å². The predicted octanol–water partition coefficient (Wildman–Crippen LogP) is 4.09. The molecule has 0 saturated carbocycles. The SMILES string of the molecule is CC(O)C(NC1CCc2ccccc2C1)Oc1cccc2ccoc12.Cl. The molecule has 26 heavy (non-hydrogen) atoms. The smallest absolute Gasteiger partial charge is 0.176 e. The van der Waals surface area contributed by atoms with Gasteiger partial charge in [0.1, 0.15) is 6.10 Å². The lowest BCUT2D eigenvalue weighted by molar-refractivity contribution is 0.0184. The average Bonchev–Trinajstić information content (AvgIpc) is 3.10. The van der Waals surface area contributed by atoms with E-state index in [9.17, 15) is 5.11 Å². The second-order valence-electron chi connectivity index (χ2n) is 6.75. The topological polar surface area (TPSA) is 54.6 Å². The predicted molar refractivity (Wildman–Crippen MR) is 105 cm³/mol. The highest BCUT2D eigenvalue weighted by atomic mass is 35.5. The van der Waals surface area contributed by atoms with E-state index in [1.54, 1.807) is 13.2 Å². The van der Waals surface area contributed by atoms with Crippen LogP contribution in [-0.4, -0.2) is 23.5 Å². The van der Waals surface area contributed by atoms with Gasteiger partial charge in [-0.15, -0.1) is 12.4 Å². The Morgan fingerprint density at radius 3 is 2.73 bits per heavy atom. The zero-order chi connectivity index (χ0) is 17.2. The summed E-state index contributed by atoms with van der Waals surface area (Å²) in [5.74, 6) is 0.650. The van der Waals surface area contributed by atoms with Crippen LogP contribution in [0.2, 0.25) is 0 Å². The number of benzene rings is 2. The monoisotopic (exact) mass is 373 g/mol. The Bertz CT molecular complexity index is 861. The summed E-state index contributed by atoms with van der Waals surface area (Å²) in [4.78, 5) is 0. The Kier molecular flexibility index (Phi) is 5.87. The van der Waals surface area contributed by atoms with E-state index >= 15 is 0 Å². The van der Waals surface area contributed by atoms with Gasteiger partial charge in [-0.1, -0.05) is 36.4 Å². The summed E-state index contributed by atoms with van der Waals surface area (Å²) in [7, 11) is 0. The maximum atomic E-state index is 10.2.